The van der Waals surface area contributed by atoms with Crippen LogP contribution in [0.1, 0.15) is 24.2 Å². The summed E-state index contributed by atoms with van der Waals surface area (Å²) in [4.78, 5) is 23.3. The van der Waals surface area contributed by atoms with E-state index in [4.69, 9.17) is 16.3 Å². The molecule has 0 aliphatic heterocycles. The molecule has 0 radical (unpaired) electrons. The molecule has 0 saturated carbocycles. The molecule has 0 aliphatic carbocycles. The molecule has 0 spiro atoms. The van der Waals surface area contributed by atoms with Gasteiger partial charge in [-0.3, -0.25) is 9.59 Å². The zero-order valence-electron chi connectivity index (χ0n) is 12.3. The fourth-order valence-corrected chi connectivity index (χ4v) is 2.00. The molecular formula is C17H16ClNO3. The van der Waals surface area contributed by atoms with Crippen LogP contribution in [0.25, 0.3) is 0 Å². The number of carbonyl (C=O) groups excluding carboxylic acids is 2. The predicted octanol–water partition coefficient (Wildman–Crippen LogP) is 3.95. The highest BCUT2D eigenvalue weighted by atomic mass is 35.5. The average Bonchev–Trinajstić information content (AvgIpc) is 2.50. The van der Waals surface area contributed by atoms with E-state index in [1.807, 2.05) is 0 Å². The number of rotatable bonds is 5. The molecule has 0 unspecified atom stereocenters. The van der Waals surface area contributed by atoms with E-state index in [1.165, 1.54) is 6.92 Å². The number of anilines is 1. The van der Waals surface area contributed by atoms with Crippen molar-refractivity contribution < 1.29 is 14.3 Å². The lowest BCUT2D eigenvalue weighted by molar-refractivity contribution is -0.122. The number of Topliss-reactive ketones (excluding diaryl/α,β-unsaturated/α-hetero) is 1. The number of halogens is 1. The summed E-state index contributed by atoms with van der Waals surface area (Å²) in [5.41, 5.74) is 1.20. The van der Waals surface area contributed by atoms with Crippen molar-refractivity contribution in [2.45, 2.75) is 20.0 Å². The van der Waals surface area contributed by atoms with Crippen LogP contribution in [-0.2, 0) is 4.79 Å². The van der Waals surface area contributed by atoms with Crippen LogP contribution in [-0.4, -0.2) is 17.8 Å². The third kappa shape index (κ3) is 4.09. The number of nitrogens with one attached hydrogen (secondary N) is 1. The molecule has 1 N–H and O–H groups in total. The van der Waals surface area contributed by atoms with Crippen molar-refractivity contribution in [3.8, 4) is 5.75 Å². The number of benzene rings is 2. The third-order valence-electron chi connectivity index (χ3n) is 3.07. The maximum Gasteiger partial charge on any atom is 0.265 e. The van der Waals surface area contributed by atoms with Crippen molar-refractivity contribution in [2.24, 2.45) is 0 Å². The molecule has 4 nitrogen and oxygen atoms in total. The highest BCUT2D eigenvalue weighted by Gasteiger charge is 2.16. The lowest BCUT2D eigenvalue weighted by Gasteiger charge is -2.15. The Morgan fingerprint density at radius 2 is 1.73 bits per heavy atom. The average molecular weight is 318 g/mol. The summed E-state index contributed by atoms with van der Waals surface area (Å²) in [7, 11) is 0. The molecule has 2 aromatic rings. The van der Waals surface area contributed by atoms with Gasteiger partial charge in [0.25, 0.3) is 5.91 Å². The first kappa shape index (κ1) is 16.0. The van der Waals surface area contributed by atoms with Crippen molar-refractivity contribution in [2.75, 3.05) is 5.32 Å². The number of ketones is 1. The van der Waals surface area contributed by atoms with E-state index in [0.29, 0.717) is 22.0 Å². The second kappa shape index (κ2) is 7.09. The summed E-state index contributed by atoms with van der Waals surface area (Å²) in [5, 5.41) is 3.18. The summed E-state index contributed by atoms with van der Waals surface area (Å²) < 4.78 is 5.54. The standard InChI is InChI=1S/C17H16ClNO3/c1-11(20)13-7-9-14(10-8-13)19-17(21)12(2)22-16-6-4-3-5-15(16)18/h3-10,12H,1-2H3,(H,19,21)/t12-/m1/s1. The van der Waals surface area contributed by atoms with Gasteiger partial charge in [-0.15, -0.1) is 0 Å². The number of hydrogen-bond donors (Lipinski definition) is 1. The van der Waals surface area contributed by atoms with E-state index in [0.717, 1.165) is 0 Å². The molecule has 2 rings (SSSR count). The first-order valence-electron chi connectivity index (χ1n) is 6.80. The van der Waals surface area contributed by atoms with Crippen LogP contribution >= 0.6 is 11.6 Å². The van der Waals surface area contributed by atoms with Gasteiger partial charge in [0.15, 0.2) is 11.9 Å². The molecule has 114 valence electrons. The number of ether oxygens (including phenoxy) is 1. The van der Waals surface area contributed by atoms with Crippen molar-refractivity contribution in [1.29, 1.82) is 0 Å². The van der Waals surface area contributed by atoms with E-state index >= 15 is 0 Å². The molecule has 0 saturated heterocycles. The SMILES string of the molecule is CC(=O)c1ccc(NC(=O)[C@@H](C)Oc2ccccc2Cl)cc1. The zero-order valence-corrected chi connectivity index (χ0v) is 13.1. The largest absolute Gasteiger partial charge is 0.479 e. The quantitative estimate of drug-likeness (QED) is 0.850. The maximum absolute atomic E-state index is 12.1. The van der Waals surface area contributed by atoms with Gasteiger partial charge in [-0.25, -0.2) is 0 Å². The Balaban J connectivity index is 1.99. The fourth-order valence-electron chi connectivity index (χ4n) is 1.82. The van der Waals surface area contributed by atoms with Crippen molar-refractivity contribution >= 4 is 29.0 Å². The second-order valence-electron chi connectivity index (χ2n) is 4.81. The minimum atomic E-state index is -0.701. The molecule has 1 amide bonds. The van der Waals surface area contributed by atoms with Crippen molar-refractivity contribution in [1.82, 2.24) is 0 Å². The lowest BCUT2D eigenvalue weighted by Crippen LogP contribution is -2.30. The highest BCUT2D eigenvalue weighted by molar-refractivity contribution is 6.32. The van der Waals surface area contributed by atoms with Gasteiger partial charge in [0, 0.05) is 11.3 Å². The Kier molecular flexibility index (Phi) is 5.17. The molecule has 0 heterocycles. The second-order valence-corrected chi connectivity index (χ2v) is 5.22. The first-order valence-corrected chi connectivity index (χ1v) is 7.18. The Bertz CT molecular complexity index is 683. The van der Waals surface area contributed by atoms with Gasteiger partial charge < -0.3 is 10.1 Å². The summed E-state index contributed by atoms with van der Waals surface area (Å²) in [5.74, 6) is 0.141. The van der Waals surface area contributed by atoms with E-state index in [1.54, 1.807) is 55.5 Å². The van der Waals surface area contributed by atoms with E-state index in [9.17, 15) is 9.59 Å². The number of para-hydroxylation sites is 1. The van der Waals surface area contributed by atoms with Crippen LogP contribution < -0.4 is 10.1 Å². The molecule has 0 aromatic heterocycles. The maximum atomic E-state index is 12.1. The van der Waals surface area contributed by atoms with Gasteiger partial charge in [0.05, 0.1) is 5.02 Å². The Morgan fingerprint density at radius 3 is 2.32 bits per heavy atom. The minimum absolute atomic E-state index is 0.0201. The smallest absolute Gasteiger partial charge is 0.265 e. The summed E-state index contributed by atoms with van der Waals surface area (Å²) in [6.07, 6.45) is -0.701. The summed E-state index contributed by atoms with van der Waals surface area (Å²) in [6, 6.07) is 13.7. The van der Waals surface area contributed by atoms with Crippen LogP contribution in [0.3, 0.4) is 0 Å². The van der Waals surface area contributed by atoms with Gasteiger partial charge in [0.2, 0.25) is 0 Å². The van der Waals surface area contributed by atoms with Crippen LogP contribution in [0.2, 0.25) is 5.02 Å². The summed E-state index contributed by atoms with van der Waals surface area (Å²) >= 11 is 5.99. The highest BCUT2D eigenvalue weighted by Crippen LogP contribution is 2.24. The third-order valence-corrected chi connectivity index (χ3v) is 3.38. The van der Waals surface area contributed by atoms with Crippen LogP contribution in [0.4, 0.5) is 5.69 Å². The number of hydrogen-bond acceptors (Lipinski definition) is 3. The minimum Gasteiger partial charge on any atom is -0.479 e. The Morgan fingerprint density at radius 1 is 1.09 bits per heavy atom. The van der Waals surface area contributed by atoms with Crippen molar-refractivity contribution in [3.05, 3.63) is 59.1 Å². The topological polar surface area (TPSA) is 55.4 Å². The van der Waals surface area contributed by atoms with Crippen LogP contribution in [0.15, 0.2) is 48.5 Å². The fraction of sp³-hybridized carbons (Fsp3) is 0.176. The normalized spacial score (nSPS) is 11.6. The first-order chi connectivity index (χ1) is 10.5. The monoisotopic (exact) mass is 317 g/mol. The van der Waals surface area contributed by atoms with Gasteiger partial charge in [0.1, 0.15) is 5.75 Å². The Labute approximate surface area is 134 Å². The van der Waals surface area contributed by atoms with Gasteiger partial charge in [-0.05, 0) is 50.2 Å². The molecule has 0 aliphatic rings. The molecule has 0 bridgehead atoms. The van der Waals surface area contributed by atoms with E-state index in [-0.39, 0.29) is 11.7 Å². The lowest BCUT2D eigenvalue weighted by atomic mass is 10.1. The van der Waals surface area contributed by atoms with E-state index < -0.39 is 6.10 Å². The Hall–Kier alpha value is -2.33. The van der Waals surface area contributed by atoms with Gasteiger partial charge in [-0.1, -0.05) is 23.7 Å². The molecular weight excluding hydrogens is 302 g/mol. The zero-order chi connectivity index (χ0) is 16.1. The molecule has 2 aromatic carbocycles. The van der Waals surface area contributed by atoms with E-state index in [2.05, 4.69) is 5.32 Å². The molecule has 5 heteroatoms. The number of carbonyl (C=O) groups is 2. The van der Waals surface area contributed by atoms with Crippen molar-refractivity contribution in [3.63, 3.8) is 0 Å². The predicted molar refractivity (Wildman–Crippen MR) is 86.6 cm³/mol. The van der Waals surface area contributed by atoms with Gasteiger partial charge in [-0.2, -0.15) is 0 Å². The van der Waals surface area contributed by atoms with Crippen LogP contribution in [0, 0.1) is 0 Å². The molecule has 22 heavy (non-hydrogen) atoms. The van der Waals surface area contributed by atoms with Crippen LogP contribution in [0.5, 0.6) is 5.75 Å². The van der Waals surface area contributed by atoms with Gasteiger partial charge >= 0.3 is 0 Å². The number of amides is 1. The molecule has 1 atom stereocenters. The summed E-state index contributed by atoms with van der Waals surface area (Å²) in [6.45, 7) is 3.13. The molecule has 0 fully saturated rings.